The predicted octanol–water partition coefficient (Wildman–Crippen LogP) is 6.61. The number of esters is 1. The monoisotopic (exact) mass is 603 g/mol. The number of hydrogen-bond acceptors (Lipinski definition) is 6. The van der Waals surface area contributed by atoms with Crippen molar-refractivity contribution in [3.05, 3.63) is 76.5 Å². The highest BCUT2D eigenvalue weighted by atomic mass is 19.4. The zero-order chi connectivity index (χ0) is 30.7. The van der Waals surface area contributed by atoms with Crippen LogP contribution >= 0.6 is 0 Å². The van der Waals surface area contributed by atoms with E-state index in [4.69, 9.17) is 14.2 Å². The van der Waals surface area contributed by atoms with Gasteiger partial charge in [-0.05, 0) is 91.5 Å². The molecular formula is C32H30F5NO5. The summed E-state index contributed by atoms with van der Waals surface area (Å²) in [5.74, 6) is -2.06. The summed E-state index contributed by atoms with van der Waals surface area (Å²) < 4.78 is 87.8. The first-order valence-corrected chi connectivity index (χ1v) is 14.2. The van der Waals surface area contributed by atoms with Crippen molar-refractivity contribution in [2.45, 2.75) is 57.4 Å². The highest BCUT2D eigenvalue weighted by molar-refractivity contribution is 5.79. The van der Waals surface area contributed by atoms with Crippen LogP contribution in [0.3, 0.4) is 0 Å². The minimum absolute atomic E-state index is 0.0530. The van der Waals surface area contributed by atoms with E-state index in [9.17, 15) is 31.9 Å². The Hall–Kier alpha value is -3.73. The lowest BCUT2D eigenvalue weighted by Gasteiger charge is -2.40. The fraction of sp³-hybridized carbons (Fsp3) is 0.438. The number of carbonyl (C=O) groups is 1. The van der Waals surface area contributed by atoms with Gasteiger partial charge in [0.05, 0.1) is 30.3 Å². The van der Waals surface area contributed by atoms with Crippen LogP contribution in [0.5, 0.6) is 11.6 Å². The molecule has 6 nitrogen and oxygen atoms in total. The first-order valence-electron chi connectivity index (χ1n) is 14.2. The van der Waals surface area contributed by atoms with Gasteiger partial charge in [0.1, 0.15) is 12.4 Å². The minimum atomic E-state index is -4.90. The second-order valence-corrected chi connectivity index (χ2v) is 11.9. The summed E-state index contributed by atoms with van der Waals surface area (Å²) in [5, 5.41) is 9.85. The van der Waals surface area contributed by atoms with E-state index in [1.54, 1.807) is 26.1 Å². The summed E-state index contributed by atoms with van der Waals surface area (Å²) >= 11 is 0. The molecule has 3 aliphatic carbocycles. The number of fused-ring (bicyclic) bond motifs is 3. The van der Waals surface area contributed by atoms with E-state index < -0.39 is 41.1 Å². The third kappa shape index (κ3) is 5.79. The van der Waals surface area contributed by atoms with Gasteiger partial charge in [0.15, 0.2) is 11.6 Å². The molecule has 1 aromatic heterocycles. The number of hydrogen-bond donors (Lipinski definition) is 1. The Labute approximate surface area is 244 Å². The number of benzene rings is 2. The van der Waals surface area contributed by atoms with Crippen LogP contribution in [0.15, 0.2) is 42.6 Å². The van der Waals surface area contributed by atoms with E-state index in [-0.39, 0.29) is 59.0 Å². The van der Waals surface area contributed by atoms with Crippen molar-refractivity contribution in [3.8, 4) is 22.8 Å². The van der Waals surface area contributed by atoms with Crippen molar-refractivity contribution < 1.29 is 46.1 Å². The van der Waals surface area contributed by atoms with Crippen LogP contribution in [0.2, 0.25) is 0 Å². The molecule has 0 spiro atoms. The van der Waals surface area contributed by atoms with Crippen molar-refractivity contribution in [2.24, 2.45) is 17.8 Å². The van der Waals surface area contributed by atoms with Gasteiger partial charge in [-0.25, -0.2) is 13.8 Å². The van der Waals surface area contributed by atoms with Gasteiger partial charge in [0.25, 0.3) is 0 Å². The Kier molecular flexibility index (Phi) is 7.35. The standard InChI is InChI=1S/C32H30F5NO5/c1-3-41-30(39)29-21-6-18-9-27(38-13-22(18)28(21)29)43-15-19-7-20(23(10-24(19)33)32(35,36)37)17-4-5-26(25(34)8-17)42-14-16-11-31(2,40)12-16/h4-5,7-10,13,16,21,28-29,40H,3,6,11-12,14-15H2,1-2H3. The lowest BCUT2D eigenvalue weighted by molar-refractivity contribution is -0.145. The first kappa shape index (κ1) is 29.3. The highest BCUT2D eigenvalue weighted by Gasteiger charge is 2.60. The molecule has 11 heteroatoms. The fourth-order valence-corrected chi connectivity index (χ4v) is 6.56. The van der Waals surface area contributed by atoms with Gasteiger partial charge >= 0.3 is 12.1 Å². The van der Waals surface area contributed by atoms with Crippen molar-refractivity contribution >= 4 is 5.97 Å². The molecule has 3 unspecified atom stereocenters. The normalized spacial score (nSPS) is 25.4. The fourth-order valence-electron chi connectivity index (χ4n) is 6.56. The summed E-state index contributed by atoms with van der Waals surface area (Å²) in [7, 11) is 0. The number of pyridine rings is 1. The zero-order valence-electron chi connectivity index (χ0n) is 23.5. The molecular weight excluding hydrogens is 573 g/mol. The number of aromatic nitrogens is 1. The van der Waals surface area contributed by atoms with Gasteiger partial charge in [-0.3, -0.25) is 4.79 Å². The molecule has 0 bridgehead atoms. The molecule has 0 aliphatic heterocycles. The SMILES string of the molecule is CCOC(=O)C1C2Cc3cc(OCc4cc(-c5ccc(OCC6CC(C)(O)C6)c(F)c5)c(C(F)(F)F)cc4F)ncc3C21. The Morgan fingerprint density at radius 1 is 1.09 bits per heavy atom. The number of rotatable bonds is 9. The molecule has 0 amide bonds. The van der Waals surface area contributed by atoms with Crippen LogP contribution in [0, 0.1) is 29.4 Å². The average Bonchev–Trinajstić information content (AvgIpc) is 3.51. The first-order chi connectivity index (χ1) is 20.3. The number of halogens is 5. The number of carbonyl (C=O) groups excluding carboxylic acids is 1. The molecule has 6 rings (SSSR count). The molecule has 0 saturated heterocycles. The Morgan fingerprint density at radius 2 is 1.86 bits per heavy atom. The quantitative estimate of drug-likeness (QED) is 0.219. The van der Waals surface area contributed by atoms with E-state index in [1.165, 1.54) is 12.1 Å². The van der Waals surface area contributed by atoms with Crippen molar-refractivity contribution in [3.63, 3.8) is 0 Å². The van der Waals surface area contributed by atoms with E-state index >= 15 is 0 Å². The van der Waals surface area contributed by atoms with Gasteiger partial charge < -0.3 is 19.3 Å². The van der Waals surface area contributed by atoms with Crippen LogP contribution < -0.4 is 9.47 Å². The molecule has 1 N–H and O–H groups in total. The minimum Gasteiger partial charge on any atom is -0.490 e. The molecule has 0 radical (unpaired) electrons. The van der Waals surface area contributed by atoms with Crippen LogP contribution in [-0.4, -0.2) is 34.9 Å². The lowest BCUT2D eigenvalue weighted by atomic mass is 9.73. The van der Waals surface area contributed by atoms with Gasteiger partial charge in [0.2, 0.25) is 5.88 Å². The summed E-state index contributed by atoms with van der Waals surface area (Å²) in [6.45, 7) is 3.53. The molecule has 1 heterocycles. The molecule has 3 aromatic rings. The number of alkyl halides is 3. The maximum absolute atomic E-state index is 14.9. The van der Waals surface area contributed by atoms with E-state index in [2.05, 4.69) is 4.98 Å². The second kappa shape index (κ2) is 10.8. The zero-order valence-corrected chi connectivity index (χ0v) is 23.5. The third-order valence-electron chi connectivity index (χ3n) is 8.58. The molecule has 3 aliphatic rings. The Bertz CT molecular complexity index is 1560. The molecule has 3 atom stereocenters. The summed E-state index contributed by atoms with van der Waals surface area (Å²) in [5.41, 5.74) is -0.781. The van der Waals surface area contributed by atoms with E-state index in [0.717, 1.165) is 23.3 Å². The van der Waals surface area contributed by atoms with Gasteiger partial charge in [-0.2, -0.15) is 13.2 Å². The largest absolute Gasteiger partial charge is 0.490 e. The van der Waals surface area contributed by atoms with Crippen molar-refractivity contribution in [2.75, 3.05) is 13.2 Å². The molecule has 43 heavy (non-hydrogen) atoms. The molecule has 2 aromatic carbocycles. The summed E-state index contributed by atoms with van der Waals surface area (Å²) in [4.78, 5) is 16.4. The topological polar surface area (TPSA) is 77.9 Å². The smallest absolute Gasteiger partial charge is 0.417 e. The van der Waals surface area contributed by atoms with E-state index in [0.29, 0.717) is 31.9 Å². The van der Waals surface area contributed by atoms with Crippen molar-refractivity contribution in [1.29, 1.82) is 0 Å². The van der Waals surface area contributed by atoms with Crippen LogP contribution in [0.25, 0.3) is 11.1 Å². The Balaban J connectivity index is 1.18. The van der Waals surface area contributed by atoms with E-state index in [1.807, 2.05) is 0 Å². The van der Waals surface area contributed by atoms with Crippen molar-refractivity contribution in [1.82, 2.24) is 4.98 Å². The maximum atomic E-state index is 14.9. The third-order valence-corrected chi connectivity index (χ3v) is 8.58. The predicted molar refractivity (Wildman–Crippen MR) is 144 cm³/mol. The average molecular weight is 604 g/mol. The van der Waals surface area contributed by atoms with Crippen LogP contribution in [0.4, 0.5) is 22.0 Å². The summed E-state index contributed by atoms with van der Waals surface area (Å²) in [6.07, 6.45) is -1.61. The van der Waals surface area contributed by atoms with Gasteiger partial charge in [-0.15, -0.1) is 0 Å². The maximum Gasteiger partial charge on any atom is 0.417 e. The second-order valence-electron chi connectivity index (χ2n) is 11.9. The number of ether oxygens (including phenoxy) is 3. The lowest BCUT2D eigenvalue weighted by Crippen LogP contribution is -2.43. The van der Waals surface area contributed by atoms with Gasteiger partial charge in [-0.1, -0.05) is 6.07 Å². The molecule has 2 fully saturated rings. The summed E-state index contributed by atoms with van der Waals surface area (Å²) in [6, 6.07) is 6.56. The van der Waals surface area contributed by atoms with Gasteiger partial charge in [0, 0.05) is 23.7 Å². The Morgan fingerprint density at radius 3 is 2.53 bits per heavy atom. The number of aliphatic hydroxyl groups is 1. The number of nitrogens with zero attached hydrogens (tertiary/aromatic N) is 1. The molecule has 2 saturated carbocycles. The van der Waals surface area contributed by atoms with Crippen LogP contribution in [-0.2, 0) is 28.7 Å². The highest BCUT2D eigenvalue weighted by Crippen LogP contribution is 2.62. The molecule has 228 valence electrons. The van der Waals surface area contributed by atoms with Crippen LogP contribution in [0.1, 0.15) is 54.9 Å².